The second kappa shape index (κ2) is 8.70. The topological polar surface area (TPSA) is 15.7 Å². The van der Waals surface area contributed by atoms with Gasteiger partial charge in [0.2, 0.25) is 0 Å². The first-order chi connectivity index (χ1) is 11.3. The van der Waals surface area contributed by atoms with Crippen molar-refractivity contribution in [2.75, 3.05) is 39.3 Å². The van der Waals surface area contributed by atoms with Gasteiger partial charge in [-0.2, -0.15) is 0 Å². The average Bonchev–Trinajstić information content (AvgIpc) is 2.81. The maximum absolute atomic E-state index is 6.02. The molecule has 23 heavy (non-hydrogen) atoms. The van der Waals surface area contributed by atoms with Gasteiger partial charge in [0.25, 0.3) is 0 Å². The van der Waals surface area contributed by atoms with Gasteiger partial charge in [-0.1, -0.05) is 19.4 Å². The first-order valence-corrected chi connectivity index (χ1v) is 9.54. The summed E-state index contributed by atoms with van der Waals surface area (Å²) in [6.07, 6.45) is 7.76. The second-order valence-electron chi connectivity index (χ2n) is 7.01. The third-order valence-electron chi connectivity index (χ3n) is 5.28. The third kappa shape index (κ3) is 4.95. The van der Waals surface area contributed by atoms with Crippen molar-refractivity contribution in [2.45, 2.75) is 52.0 Å². The number of hydrogen-bond donors (Lipinski definition) is 0. The van der Waals surface area contributed by atoms with E-state index in [-0.39, 0.29) is 0 Å². The lowest BCUT2D eigenvalue weighted by atomic mass is 10.0. The van der Waals surface area contributed by atoms with Gasteiger partial charge in [-0.05, 0) is 81.5 Å². The molecule has 1 fully saturated rings. The maximum Gasteiger partial charge on any atom is 0.119 e. The van der Waals surface area contributed by atoms with Crippen LogP contribution in [0.3, 0.4) is 0 Å². The van der Waals surface area contributed by atoms with Crippen molar-refractivity contribution in [1.29, 1.82) is 0 Å². The number of benzene rings is 1. The van der Waals surface area contributed by atoms with E-state index >= 15 is 0 Å². The van der Waals surface area contributed by atoms with E-state index in [0.29, 0.717) is 0 Å². The van der Waals surface area contributed by atoms with Crippen molar-refractivity contribution < 1.29 is 4.74 Å². The van der Waals surface area contributed by atoms with E-state index in [9.17, 15) is 0 Å². The van der Waals surface area contributed by atoms with Gasteiger partial charge in [0, 0.05) is 13.1 Å². The van der Waals surface area contributed by atoms with Crippen LogP contribution in [0.1, 0.15) is 50.2 Å². The largest absolute Gasteiger partial charge is 0.494 e. The Hall–Kier alpha value is -1.06. The quantitative estimate of drug-likeness (QED) is 0.744. The Labute approximate surface area is 141 Å². The predicted octanol–water partition coefficient (Wildman–Crippen LogP) is 3.71. The molecule has 0 aromatic heterocycles. The Morgan fingerprint density at radius 1 is 0.957 bits per heavy atom. The molecule has 0 spiro atoms. The Kier molecular flexibility index (Phi) is 6.35. The molecule has 1 aromatic carbocycles. The number of nitrogens with zero attached hydrogens (tertiary/aromatic N) is 2. The molecule has 0 radical (unpaired) electrons. The molecule has 0 saturated carbocycles. The third-order valence-corrected chi connectivity index (χ3v) is 5.28. The highest BCUT2D eigenvalue weighted by molar-refractivity contribution is 5.36. The molecule has 0 bridgehead atoms. The molecular formula is C20H32N2O. The van der Waals surface area contributed by atoms with Gasteiger partial charge in [-0.25, -0.2) is 0 Å². The second-order valence-corrected chi connectivity index (χ2v) is 7.01. The van der Waals surface area contributed by atoms with E-state index < -0.39 is 0 Å². The number of ether oxygens (including phenoxy) is 1. The predicted molar refractivity (Wildman–Crippen MR) is 96.1 cm³/mol. The smallest absolute Gasteiger partial charge is 0.119 e. The zero-order valence-corrected chi connectivity index (χ0v) is 14.7. The van der Waals surface area contributed by atoms with E-state index in [1.807, 2.05) is 0 Å². The number of aryl methyl sites for hydroxylation is 1. The van der Waals surface area contributed by atoms with Crippen molar-refractivity contribution in [3.05, 3.63) is 29.3 Å². The van der Waals surface area contributed by atoms with Crippen LogP contribution in [0.2, 0.25) is 0 Å². The van der Waals surface area contributed by atoms with Gasteiger partial charge in [-0.3, -0.25) is 4.90 Å². The summed E-state index contributed by atoms with van der Waals surface area (Å²) < 4.78 is 6.02. The molecule has 0 unspecified atom stereocenters. The molecule has 0 N–H and O–H groups in total. The van der Waals surface area contributed by atoms with Crippen molar-refractivity contribution in [2.24, 2.45) is 0 Å². The summed E-state index contributed by atoms with van der Waals surface area (Å²) in [6, 6.07) is 6.73. The van der Waals surface area contributed by atoms with Crippen LogP contribution in [0.15, 0.2) is 18.2 Å². The van der Waals surface area contributed by atoms with Gasteiger partial charge in [0.1, 0.15) is 5.75 Å². The summed E-state index contributed by atoms with van der Waals surface area (Å²) in [7, 11) is 0. The molecule has 0 aliphatic carbocycles. The van der Waals surface area contributed by atoms with Crippen LogP contribution in [-0.4, -0.2) is 49.1 Å². The molecule has 3 heteroatoms. The molecule has 0 amide bonds. The molecule has 3 nitrogen and oxygen atoms in total. The highest BCUT2D eigenvalue weighted by Gasteiger charge is 2.14. The van der Waals surface area contributed by atoms with Crippen molar-refractivity contribution in [3.63, 3.8) is 0 Å². The Bertz CT molecular complexity index is 483. The normalized spacial score (nSPS) is 20.0. The van der Waals surface area contributed by atoms with E-state index in [2.05, 4.69) is 34.9 Å². The molecular weight excluding hydrogens is 284 g/mol. The summed E-state index contributed by atoms with van der Waals surface area (Å²) in [5, 5.41) is 0. The van der Waals surface area contributed by atoms with Crippen molar-refractivity contribution in [3.8, 4) is 5.75 Å². The minimum absolute atomic E-state index is 0.844. The van der Waals surface area contributed by atoms with E-state index in [4.69, 9.17) is 4.74 Å². The minimum atomic E-state index is 0.844. The van der Waals surface area contributed by atoms with Crippen LogP contribution in [0.25, 0.3) is 0 Å². The van der Waals surface area contributed by atoms with Crippen LogP contribution in [0.4, 0.5) is 0 Å². The van der Waals surface area contributed by atoms with Gasteiger partial charge in [-0.15, -0.1) is 0 Å². The lowest BCUT2D eigenvalue weighted by Gasteiger charge is -2.26. The number of piperidine rings is 1. The highest BCUT2D eigenvalue weighted by atomic mass is 16.5. The zero-order valence-electron chi connectivity index (χ0n) is 14.7. The molecule has 1 saturated heterocycles. The summed E-state index contributed by atoms with van der Waals surface area (Å²) in [6.45, 7) is 10.3. The average molecular weight is 316 g/mol. The lowest BCUT2D eigenvalue weighted by molar-refractivity contribution is 0.205. The SMILES string of the molecule is CCN1CCCc2cc(OCCCN3CCCCC3)ccc2C1. The molecule has 2 heterocycles. The van der Waals surface area contributed by atoms with E-state index in [0.717, 1.165) is 31.9 Å². The number of fused-ring (bicyclic) bond motifs is 1. The zero-order chi connectivity index (χ0) is 15.9. The first-order valence-electron chi connectivity index (χ1n) is 9.54. The molecule has 3 rings (SSSR count). The summed E-state index contributed by atoms with van der Waals surface area (Å²) in [4.78, 5) is 5.12. The lowest BCUT2D eigenvalue weighted by Crippen LogP contribution is -2.31. The standard InChI is InChI=1S/C20H32N2O/c1-2-21-13-6-8-18-16-20(10-9-19(18)17-21)23-15-7-14-22-11-4-3-5-12-22/h9-10,16H,2-8,11-15,17H2,1H3. The number of hydrogen-bond acceptors (Lipinski definition) is 3. The van der Waals surface area contributed by atoms with Gasteiger partial charge in [0.15, 0.2) is 0 Å². The van der Waals surface area contributed by atoms with Crippen molar-refractivity contribution in [1.82, 2.24) is 9.80 Å². The highest BCUT2D eigenvalue weighted by Crippen LogP contribution is 2.23. The molecule has 2 aliphatic rings. The van der Waals surface area contributed by atoms with E-state index in [1.54, 1.807) is 0 Å². The van der Waals surface area contributed by atoms with Crippen LogP contribution in [-0.2, 0) is 13.0 Å². The van der Waals surface area contributed by atoms with Gasteiger partial charge < -0.3 is 9.64 Å². The van der Waals surface area contributed by atoms with Crippen LogP contribution >= 0.6 is 0 Å². The van der Waals surface area contributed by atoms with Crippen LogP contribution in [0.5, 0.6) is 5.75 Å². The first kappa shape index (κ1) is 16.8. The molecule has 128 valence electrons. The summed E-state index contributed by atoms with van der Waals surface area (Å²) >= 11 is 0. The van der Waals surface area contributed by atoms with Crippen LogP contribution < -0.4 is 4.74 Å². The van der Waals surface area contributed by atoms with Crippen LogP contribution in [0, 0.1) is 0 Å². The molecule has 0 atom stereocenters. The fourth-order valence-corrected chi connectivity index (χ4v) is 3.82. The Balaban J connectivity index is 1.46. The monoisotopic (exact) mass is 316 g/mol. The fraction of sp³-hybridized carbons (Fsp3) is 0.700. The maximum atomic E-state index is 6.02. The summed E-state index contributed by atoms with van der Waals surface area (Å²) in [5.41, 5.74) is 2.99. The fourth-order valence-electron chi connectivity index (χ4n) is 3.82. The Morgan fingerprint density at radius 2 is 1.78 bits per heavy atom. The van der Waals surface area contributed by atoms with E-state index in [1.165, 1.54) is 69.4 Å². The number of rotatable bonds is 6. The van der Waals surface area contributed by atoms with Crippen molar-refractivity contribution >= 4 is 0 Å². The van der Waals surface area contributed by atoms with Gasteiger partial charge in [0.05, 0.1) is 6.61 Å². The van der Waals surface area contributed by atoms with Gasteiger partial charge >= 0.3 is 0 Å². The summed E-state index contributed by atoms with van der Waals surface area (Å²) in [5.74, 6) is 1.06. The molecule has 1 aromatic rings. The minimum Gasteiger partial charge on any atom is -0.494 e. The molecule has 2 aliphatic heterocycles. The number of likely N-dealkylation sites (tertiary alicyclic amines) is 1. The Morgan fingerprint density at radius 3 is 2.61 bits per heavy atom.